The van der Waals surface area contributed by atoms with Crippen LogP contribution in [0.3, 0.4) is 0 Å². The molecule has 2 rings (SSSR count). The second-order valence-electron chi connectivity index (χ2n) is 4.72. The Hall–Kier alpha value is -0.480. The Labute approximate surface area is 137 Å². The van der Waals surface area contributed by atoms with Gasteiger partial charge in [0.15, 0.2) is 0 Å². The summed E-state index contributed by atoms with van der Waals surface area (Å²) in [5.41, 5.74) is 2.14. The van der Waals surface area contributed by atoms with E-state index in [0.717, 1.165) is 25.5 Å². The summed E-state index contributed by atoms with van der Waals surface area (Å²) in [5.74, 6) is 0.659. The zero-order valence-corrected chi connectivity index (χ0v) is 14.3. The van der Waals surface area contributed by atoms with E-state index in [2.05, 4.69) is 15.9 Å². The first kappa shape index (κ1) is 15.9. The summed E-state index contributed by atoms with van der Waals surface area (Å²) < 4.78 is 1.06. The molecule has 2 aromatic carbocycles. The third-order valence-corrected chi connectivity index (χ3v) is 4.96. The molecule has 0 radical (unpaired) electrons. The fraction of sp³-hybridized carbons (Fsp3) is 0.250. The van der Waals surface area contributed by atoms with Gasteiger partial charge < -0.3 is 5.11 Å². The van der Waals surface area contributed by atoms with Crippen LogP contribution < -0.4 is 0 Å². The van der Waals surface area contributed by atoms with Crippen molar-refractivity contribution in [3.05, 3.63) is 63.1 Å². The maximum atomic E-state index is 10.1. The SMILES string of the molecule is Cc1ccc(CC(O)CSc2ccc(Br)cc2)c(Cl)c1. The zero-order valence-electron chi connectivity index (χ0n) is 11.1. The molecule has 1 atom stereocenters. The molecule has 0 aliphatic rings. The smallest absolute Gasteiger partial charge is 0.0674 e. The van der Waals surface area contributed by atoms with Crippen molar-refractivity contribution in [3.63, 3.8) is 0 Å². The van der Waals surface area contributed by atoms with Gasteiger partial charge in [-0.05, 0) is 48.4 Å². The standard InChI is InChI=1S/C16H16BrClOS/c1-11-2-3-12(16(18)8-11)9-14(19)10-20-15-6-4-13(17)5-7-15/h2-8,14,19H,9-10H2,1H3. The van der Waals surface area contributed by atoms with E-state index in [0.29, 0.717) is 12.2 Å². The van der Waals surface area contributed by atoms with Crippen molar-refractivity contribution in [2.45, 2.75) is 24.3 Å². The Morgan fingerprint density at radius 2 is 1.90 bits per heavy atom. The molecule has 0 heterocycles. The quantitative estimate of drug-likeness (QED) is 0.737. The van der Waals surface area contributed by atoms with Crippen LogP contribution in [0.5, 0.6) is 0 Å². The fourth-order valence-corrected chi connectivity index (χ4v) is 3.26. The van der Waals surface area contributed by atoms with Gasteiger partial charge in [-0.2, -0.15) is 0 Å². The molecule has 0 aromatic heterocycles. The van der Waals surface area contributed by atoms with E-state index in [1.807, 2.05) is 49.4 Å². The molecule has 4 heteroatoms. The molecule has 1 nitrogen and oxygen atoms in total. The van der Waals surface area contributed by atoms with Crippen molar-refractivity contribution < 1.29 is 5.11 Å². The summed E-state index contributed by atoms with van der Waals surface area (Å²) in [7, 11) is 0. The maximum Gasteiger partial charge on any atom is 0.0674 e. The number of aliphatic hydroxyl groups excluding tert-OH is 1. The van der Waals surface area contributed by atoms with Crippen molar-refractivity contribution in [2.24, 2.45) is 0 Å². The number of hydrogen-bond donors (Lipinski definition) is 1. The minimum atomic E-state index is -0.399. The zero-order chi connectivity index (χ0) is 14.5. The molecule has 0 spiro atoms. The molecule has 1 N–H and O–H groups in total. The fourth-order valence-electron chi connectivity index (χ4n) is 1.85. The topological polar surface area (TPSA) is 20.2 Å². The highest BCUT2D eigenvalue weighted by Crippen LogP contribution is 2.24. The van der Waals surface area contributed by atoms with Crippen LogP contribution in [0.2, 0.25) is 5.02 Å². The highest BCUT2D eigenvalue weighted by atomic mass is 79.9. The van der Waals surface area contributed by atoms with Crippen LogP contribution in [0, 0.1) is 6.92 Å². The third kappa shape index (κ3) is 4.81. The van der Waals surface area contributed by atoms with Crippen LogP contribution in [-0.4, -0.2) is 17.0 Å². The van der Waals surface area contributed by atoms with E-state index in [1.165, 1.54) is 0 Å². The lowest BCUT2D eigenvalue weighted by Crippen LogP contribution is -2.13. The minimum Gasteiger partial charge on any atom is -0.392 e. The van der Waals surface area contributed by atoms with Gasteiger partial charge in [-0.3, -0.25) is 0 Å². The third-order valence-electron chi connectivity index (χ3n) is 2.92. The van der Waals surface area contributed by atoms with Gasteiger partial charge in [0, 0.05) is 26.6 Å². The molecule has 0 amide bonds. The number of rotatable bonds is 5. The first-order valence-electron chi connectivity index (χ1n) is 6.36. The maximum absolute atomic E-state index is 10.1. The molecule has 0 fully saturated rings. The van der Waals surface area contributed by atoms with Gasteiger partial charge in [-0.25, -0.2) is 0 Å². The van der Waals surface area contributed by atoms with E-state index in [9.17, 15) is 5.11 Å². The van der Waals surface area contributed by atoms with Crippen LogP contribution in [0.4, 0.5) is 0 Å². The van der Waals surface area contributed by atoms with Gasteiger partial charge in [0.1, 0.15) is 0 Å². The number of benzene rings is 2. The van der Waals surface area contributed by atoms with Crippen molar-refractivity contribution >= 4 is 39.3 Å². The van der Waals surface area contributed by atoms with Gasteiger partial charge in [-0.1, -0.05) is 39.7 Å². The lowest BCUT2D eigenvalue weighted by atomic mass is 10.1. The molecule has 0 aliphatic carbocycles. The number of halogens is 2. The molecule has 0 aliphatic heterocycles. The number of aryl methyl sites for hydroxylation is 1. The number of thioether (sulfide) groups is 1. The van der Waals surface area contributed by atoms with E-state index in [1.54, 1.807) is 11.8 Å². The van der Waals surface area contributed by atoms with Crippen molar-refractivity contribution in [3.8, 4) is 0 Å². The average Bonchev–Trinajstić information content (AvgIpc) is 2.41. The van der Waals surface area contributed by atoms with Crippen LogP contribution in [0.1, 0.15) is 11.1 Å². The minimum absolute atomic E-state index is 0.399. The second-order valence-corrected chi connectivity index (χ2v) is 7.13. The Balaban J connectivity index is 1.89. The Bertz CT molecular complexity index is 571. The van der Waals surface area contributed by atoms with E-state index in [-0.39, 0.29) is 0 Å². The van der Waals surface area contributed by atoms with Crippen LogP contribution >= 0.6 is 39.3 Å². The predicted molar refractivity (Wildman–Crippen MR) is 90.8 cm³/mol. The largest absolute Gasteiger partial charge is 0.392 e. The first-order chi connectivity index (χ1) is 9.54. The summed E-state index contributed by atoms with van der Waals surface area (Å²) in [4.78, 5) is 1.15. The van der Waals surface area contributed by atoms with Crippen LogP contribution in [0.25, 0.3) is 0 Å². The summed E-state index contributed by atoms with van der Waals surface area (Å²) in [6.07, 6.45) is 0.187. The first-order valence-corrected chi connectivity index (χ1v) is 8.51. The monoisotopic (exact) mass is 370 g/mol. The number of hydrogen-bond acceptors (Lipinski definition) is 2. The van der Waals surface area contributed by atoms with Crippen molar-refractivity contribution in [2.75, 3.05) is 5.75 Å². The van der Waals surface area contributed by atoms with Crippen LogP contribution in [0.15, 0.2) is 51.8 Å². The number of aliphatic hydroxyl groups is 1. The Morgan fingerprint density at radius 1 is 1.20 bits per heavy atom. The molecule has 20 heavy (non-hydrogen) atoms. The second kappa shape index (κ2) is 7.51. The average molecular weight is 372 g/mol. The molecular formula is C16H16BrClOS. The van der Waals surface area contributed by atoms with Gasteiger partial charge >= 0.3 is 0 Å². The van der Waals surface area contributed by atoms with Crippen molar-refractivity contribution in [1.82, 2.24) is 0 Å². The highest BCUT2D eigenvalue weighted by molar-refractivity contribution is 9.10. The van der Waals surface area contributed by atoms with Gasteiger partial charge in [-0.15, -0.1) is 11.8 Å². The van der Waals surface area contributed by atoms with Gasteiger partial charge in [0.2, 0.25) is 0 Å². The van der Waals surface area contributed by atoms with Crippen molar-refractivity contribution in [1.29, 1.82) is 0 Å². The lowest BCUT2D eigenvalue weighted by Gasteiger charge is -2.12. The van der Waals surface area contributed by atoms with Gasteiger partial charge in [0.25, 0.3) is 0 Å². The molecule has 0 saturated carbocycles. The summed E-state index contributed by atoms with van der Waals surface area (Å²) in [6, 6.07) is 14.0. The highest BCUT2D eigenvalue weighted by Gasteiger charge is 2.09. The van der Waals surface area contributed by atoms with E-state index in [4.69, 9.17) is 11.6 Å². The van der Waals surface area contributed by atoms with E-state index >= 15 is 0 Å². The van der Waals surface area contributed by atoms with Crippen LogP contribution in [-0.2, 0) is 6.42 Å². The summed E-state index contributed by atoms with van der Waals surface area (Å²) >= 11 is 11.2. The van der Waals surface area contributed by atoms with Gasteiger partial charge in [0.05, 0.1) is 6.10 Å². The molecular weight excluding hydrogens is 356 g/mol. The molecule has 106 valence electrons. The lowest BCUT2D eigenvalue weighted by molar-refractivity contribution is 0.200. The Morgan fingerprint density at radius 3 is 2.55 bits per heavy atom. The molecule has 1 unspecified atom stereocenters. The predicted octanol–water partition coefficient (Wildman–Crippen LogP) is 5.11. The van der Waals surface area contributed by atoms with E-state index < -0.39 is 6.10 Å². The normalized spacial score (nSPS) is 12.4. The summed E-state index contributed by atoms with van der Waals surface area (Å²) in [5, 5.41) is 10.9. The molecule has 0 saturated heterocycles. The molecule has 0 bridgehead atoms. The Kier molecular flexibility index (Phi) is 5.97. The summed E-state index contributed by atoms with van der Waals surface area (Å²) in [6.45, 7) is 2.01. The molecule has 2 aromatic rings.